The molecule has 0 bridgehead atoms. The van der Waals surface area contributed by atoms with Gasteiger partial charge in [-0.2, -0.15) is 0 Å². The Labute approximate surface area is 130 Å². The van der Waals surface area contributed by atoms with Crippen LogP contribution in [0.1, 0.15) is 0 Å². The number of hydrogen-bond acceptors (Lipinski definition) is 4. The van der Waals surface area contributed by atoms with Crippen molar-refractivity contribution < 1.29 is 8.42 Å². The third kappa shape index (κ3) is 3.87. The second kappa shape index (κ2) is 5.72. The van der Waals surface area contributed by atoms with E-state index in [-0.39, 0.29) is 0 Å². The molecular weight excluding hydrogens is 393 g/mol. The number of benzene rings is 2. The molecular formula is C13H12INO2S2. The quantitative estimate of drug-likeness (QED) is 0.628. The van der Waals surface area contributed by atoms with Gasteiger partial charge in [0.1, 0.15) is 0 Å². The molecule has 0 aliphatic rings. The minimum Gasteiger partial charge on any atom is -0.398 e. The van der Waals surface area contributed by atoms with Crippen LogP contribution < -0.4 is 5.73 Å². The van der Waals surface area contributed by atoms with Gasteiger partial charge in [0.25, 0.3) is 0 Å². The normalized spacial score (nSPS) is 11.5. The van der Waals surface area contributed by atoms with Gasteiger partial charge in [0.15, 0.2) is 9.84 Å². The lowest BCUT2D eigenvalue weighted by atomic mass is 10.3. The predicted octanol–water partition coefficient (Wildman–Crippen LogP) is 3.43. The number of nitrogens with two attached hydrogens (primary N) is 1. The van der Waals surface area contributed by atoms with Gasteiger partial charge >= 0.3 is 0 Å². The number of sulfone groups is 1. The summed E-state index contributed by atoms with van der Waals surface area (Å²) in [6, 6.07) is 12.7. The monoisotopic (exact) mass is 405 g/mol. The molecule has 100 valence electrons. The number of nitrogen functional groups attached to an aromatic ring is 1. The molecule has 3 nitrogen and oxygen atoms in total. The van der Waals surface area contributed by atoms with Crippen molar-refractivity contribution in [2.24, 2.45) is 0 Å². The maximum atomic E-state index is 11.4. The lowest BCUT2D eigenvalue weighted by Gasteiger charge is -2.06. The second-order valence-electron chi connectivity index (χ2n) is 4.03. The lowest BCUT2D eigenvalue weighted by Crippen LogP contribution is -1.96. The molecule has 0 unspecified atom stereocenters. The Kier molecular flexibility index (Phi) is 4.42. The molecule has 0 radical (unpaired) electrons. The highest BCUT2D eigenvalue weighted by molar-refractivity contribution is 14.1. The minimum atomic E-state index is -3.14. The molecule has 2 aromatic carbocycles. The topological polar surface area (TPSA) is 60.2 Å². The second-order valence-corrected chi connectivity index (χ2v) is 8.40. The van der Waals surface area contributed by atoms with Gasteiger partial charge in [-0.3, -0.25) is 0 Å². The van der Waals surface area contributed by atoms with Crippen molar-refractivity contribution in [3.05, 3.63) is 46.0 Å². The van der Waals surface area contributed by atoms with Crippen LogP contribution in [0.5, 0.6) is 0 Å². The maximum Gasteiger partial charge on any atom is 0.175 e. The molecule has 6 heteroatoms. The molecule has 19 heavy (non-hydrogen) atoms. The van der Waals surface area contributed by atoms with E-state index in [2.05, 4.69) is 22.6 Å². The van der Waals surface area contributed by atoms with E-state index in [9.17, 15) is 8.42 Å². The Bertz CT molecular complexity index is 697. The molecule has 0 heterocycles. The first kappa shape index (κ1) is 14.7. The van der Waals surface area contributed by atoms with Gasteiger partial charge in [0, 0.05) is 25.3 Å². The van der Waals surface area contributed by atoms with Gasteiger partial charge in [-0.1, -0.05) is 11.8 Å². The molecule has 0 aliphatic carbocycles. The highest BCUT2D eigenvalue weighted by atomic mass is 127. The van der Waals surface area contributed by atoms with Crippen molar-refractivity contribution in [3.8, 4) is 0 Å². The molecule has 0 saturated heterocycles. The standard InChI is InChI=1S/C13H12INO2S2/c1-19(16,17)11-5-3-10(4-6-11)18-13-7-2-9(14)8-12(13)15/h2-8H,15H2,1H3. The van der Waals surface area contributed by atoms with Crippen LogP contribution >= 0.6 is 34.4 Å². The minimum absolute atomic E-state index is 0.326. The first-order chi connectivity index (χ1) is 8.86. The third-order valence-electron chi connectivity index (χ3n) is 2.45. The van der Waals surface area contributed by atoms with E-state index in [1.165, 1.54) is 18.0 Å². The van der Waals surface area contributed by atoms with Crippen molar-refractivity contribution in [1.29, 1.82) is 0 Å². The summed E-state index contributed by atoms with van der Waals surface area (Å²) in [6.45, 7) is 0. The van der Waals surface area contributed by atoms with Crippen LogP contribution in [0.4, 0.5) is 5.69 Å². The third-order valence-corrected chi connectivity index (χ3v) is 5.35. The van der Waals surface area contributed by atoms with Crippen LogP contribution in [0.15, 0.2) is 57.2 Å². The number of halogens is 1. The molecule has 0 spiro atoms. The van der Waals surface area contributed by atoms with Crippen molar-refractivity contribution in [1.82, 2.24) is 0 Å². The average Bonchev–Trinajstić information content (AvgIpc) is 2.32. The van der Waals surface area contributed by atoms with E-state index < -0.39 is 9.84 Å². The molecule has 0 aromatic heterocycles. The summed E-state index contributed by atoms with van der Waals surface area (Å²) in [6.07, 6.45) is 1.20. The summed E-state index contributed by atoms with van der Waals surface area (Å²) in [5, 5.41) is 0. The number of rotatable bonds is 3. The Balaban J connectivity index is 2.25. The van der Waals surface area contributed by atoms with Crippen LogP contribution in [0.3, 0.4) is 0 Å². The fourth-order valence-electron chi connectivity index (χ4n) is 1.49. The number of anilines is 1. The first-order valence-corrected chi connectivity index (χ1v) is 9.18. The van der Waals surface area contributed by atoms with Crippen LogP contribution in [0, 0.1) is 3.57 Å². The van der Waals surface area contributed by atoms with E-state index in [0.717, 1.165) is 19.0 Å². The Morgan fingerprint density at radius 2 is 1.74 bits per heavy atom. The van der Waals surface area contributed by atoms with Gasteiger partial charge in [-0.05, 0) is 65.1 Å². The van der Waals surface area contributed by atoms with Crippen molar-refractivity contribution in [2.45, 2.75) is 14.7 Å². The first-order valence-electron chi connectivity index (χ1n) is 5.39. The zero-order valence-electron chi connectivity index (χ0n) is 10.1. The predicted molar refractivity (Wildman–Crippen MR) is 87.2 cm³/mol. The summed E-state index contributed by atoms with van der Waals surface area (Å²) in [5.74, 6) is 0. The summed E-state index contributed by atoms with van der Waals surface area (Å²) in [7, 11) is -3.14. The van der Waals surface area contributed by atoms with E-state index in [1.54, 1.807) is 24.3 Å². The van der Waals surface area contributed by atoms with Gasteiger partial charge in [0.2, 0.25) is 0 Å². The Hall–Kier alpha value is -0.730. The van der Waals surface area contributed by atoms with Crippen LogP contribution in [-0.2, 0) is 9.84 Å². The van der Waals surface area contributed by atoms with Gasteiger partial charge in [-0.25, -0.2) is 8.42 Å². The fraction of sp³-hybridized carbons (Fsp3) is 0.0769. The molecule has 2 N–H and O–H groups in total. The van der Waals surface area contributed by atoms with Gasteiger partial charge in [0.05, 0.1) is 4.90 Å². The SMILES string of the molecule is CS(=O)(=O)c1ccc(Sc2ccc(I)cc2N)cc1. The molecule has 2 aromatic rings. The summed E-state index contributed by atoms with van der Waals surface area (Å²) in [4.78, 5) is 2.25. The van der Waals surface area contributed by atoms with E-state index in [4.69, 9.17) is 5.73 Å². The summed E-state index contributed by atoms with van der Waals surface area (Å²) >= 11 is 3.73. The van der Waals surface area contributed by atoms with E-state index in [1.807, 2.05) is 18.2 Å². The van der Waals surface area contributed by atoms with Crippen LogP contribution in [0.25, 0.3) is 0 Å². The van der Waals surface area contributed by atoms with E-state index >= 15 is 0 Å². The molecule has 0 amide bonds. The smallest absolute Gasteiger partial charge is 0.175 e. The van der Waals surface area contributed by atoms with Crippen LogP contribution in [-0.4, -0.2) is 14.7 Å². The summed E-state index contributed by atoms with van der Waals surface area (Å²) < 4.78 is 23.8. The number of hydrogen-bond donors (Lipinski definition) is 1. The lowest BCUT2D eigenvalue weighted by molar-refractivity contribution is 0.602. The molecule has 2 rings (SSSR count). The van der Waals surface area contributed by atoms with Gasteiger partial charge in [-0.15, -0.1) is 0 Å². The average molecular weight is 405 g/mol. The zero-order chi connectivity index (χ0) is 14.0. The van der Waals surface area contributed by atoms with Crippen molar-refractivity contribution in [3.63, 3.8) is 0 Å². The highest BCUT2D eigenvalue weighted by Gasteiger charge is 2.07. The molecule has 0 aliphatic heterocycles. The van der Waals surface area contributed by atoms with Crippen molar-refractivity contribution in [2.75, 3.05) is 12.0 Å². The maximum absolute atomic E-state index is 11.4. The highest BCUT2D eigenvalue weighted by Crippen LogP contribution is 2.33. The molecule has 0 saturated carbocycles. The largest absolute Gasteiger partial charge is 0.398 e. The van der Waals surface area contributed by atoms with E-state index in [0.29, 0.717) is 4.90 Å². The van der Waals surface area contributed by atoms with Crippen LogP contribution in [0.2, 0.25) is 0 Å². The van der Waals surface area contributed by atoms with Crippen molar-refractivity contribution >= 4 is 49.9 Å². The zero-order valence-corrected chi connectivity index (χ0v) is 13.9. The molecule has 0 atom stereocenters. The molecule has 0 fully saturated rings. The fourth-order valence-corrected chi connectivity index (χ4v) is 3.48. The van der Waals surface area contributed by atoms with Gasteiger partial charge < -0.3 is 5.73 Å². The Morgan fingerprint density at radius 3 is 2.26 bits per heavy atom. The Morgan fingerprint density at radius 1 is 1.11 bits per heavy atom. The summed E-state index contributed by atoms with van der Waals surface area (Å²) in [5.41, 5.74) is 6.67.